The molecular weight excluding hydrogens is 525 g/mol. The number of nitrogens with zero attached hydrogens (tertiary/aromatic N) is 4. The number of aromatic nitrogens is 3. The number of halogens is 1. The number of carbonyl (C=O) groups excluding carboxylic acids is 1. The maximum Gasteiger partial charge on any atom is 0.222 e. The van der Waals surface area contributed by atoms with Crippen molar-refractivity contribution >= 4 is 47.5 Å². The Kier molecular flexibility index (Phi) is 6.90. The minimum Gasteiger partial charge on any atom is -0.497 e. The fraction of sp³-hybridized carbons (Fsp3) is 0.200. The number of hydrogen-bond donors (Lipinski definition) is 1. The number of nitrogens with one attached hydrogen (secondary N) is 1. The molecule has 8 nitrogen and oxygen atoms in total. The zero-order valence-corrected chi connectivity index (χ0v) is 23.2. The SMILES string of the molecule is Bc1ccc2oc(CCNC(=O)C[C@@H]3N=C(c4ccc(Cl)cc4)c4cc(OC)ccc4-n4c(C)nnc43)cc2c1. The molecule has 0 spiro atoms. The number of benzene rings is 3. The summed E-state index contributed by atoms with van der Waals surface area (Å²) >= 11 is 6.19. The van der Waals surface area contributed by atoms with Gasteiger partial charge in [-0.25, -0.2) is 0 Å². The standard InChI is InChI=1S/C30H27BClN5O3/c1-17-35-36-30-25(16-28(38)33-12-11-23-14-19-13-20(31)5-10-27(19)40-23)34-29(18-3-6-21(32)7-4-18)24-15-22(39-2)8-9-26(24)37(17)30/h3-10,13-15,25H,11-12,16,31H2,1-2H3,(H,33,38)/t25-/m0/s1. The van der Waals surface area contributed by atoms with Gasteiger partial charge in [-0.1, -0.05) is 41.3 Å². The van der Waals surface area contributed by atoms with E-state index < -0.39 is 6.04 Å². The van der Waals surface area contributed by atoms with Crippen LogP contribution in [0.1, 0.15) is 41.0 Å². The summed E-state index contributed by atoms with van der Waals surface area (Å²) in [4.78, 5) is 18.3. The second-order valence-corrected chi connectivity index (χ2v) is 10.3. The van der Waals surface area contributed by atoms with E-state index in [-0.39, 0.29) is 12.3 Å². The van der Waals surface area contributed by atoms with Gasteiger partial charge >= 0.3 is 0 Å². The molecule has 1 amide bonds. The quantitative estimate of drug-likeness (QED) is 0.310. The van der Waals surface area contributed by atoms with Crippen LogP contribution in [0.4, 0.5) is 0 Å². The van der Waals surface area contributed by atoms with Gasteiger partial charge in [0.2, 0.25) is 5.91 Å². The van der Waals surface area contributed by atoms with Crippen LogP contribution < -0.4 is 15.5 Å². The van der Waals surface area contributed by atoms with E-state index in [4.69, 9.17) is 25.7 Å². The van der Waals surface area contributed by atoms with E-state index in [0.717, 1.165) is 39.3 Å². The van der Waals surface area contributed by atoms with Gasteiger partial charge in [0, 0.05) is 34.5 Å². The molecule has 0 saturated heterocycles. The lowest BCUT2D eigenvalue weighted by molar-refractivity contribution is -0.121. The molecule has 2 aromatic heterocycles. The number of amides is 1. The molecule has 6 rings (SSSR count). The van der Waals surface area contributed by atoms with Crippen molar-refractivity contribution in [2.75, 3.05) is 13.7 Å². The Hall–Kier alpha value is -4.37. The van der Waals surface area contributed by atoms with Gasteiger partial charge in [0.1, 0.15) is 36.8 Å². The Morgan fingerprint density at radius 3 is 2.73 bits per heavy atom. The molecule has 0 bridgehead atoms. The topological polar surface area (TPSA) is 94.5 Å². The maximum atomic E-state index is 13.2. The number of hydrogen-bond acceptors (Lipinski definition) is 6. The second kappa shape index (κ2) is 10.7. The summed E-state index contributed by atoms with van der Waals surface area (Å²) < 4.78 is 13.4. The molecule has 3 aromatic carbocycles. The third-order valence-corrected chi connectivity index (χ3v) is 7.30. The summed E-state index contributed by atoms with van der Waals surface area (Å²) in [6, 6.07) is 20.9. The van der Waals surface area contributed by atoms with Crippen molar-refractivity contribution in [1.29, 1.82) is 0 Å². The molecule has 0 aliphatic carbocycles. The Morgan fingerprint density at radius 2 is 1.93 bits per heavy atom. The van der Waals surface area contributed by atoms with Crippen molar-refractivity contribution in [3.05, 3.63) is 100 Å². The van der Waals surface area contributed by atoms with Crippen LogP contribution in [0.2, 0.25) is 5.02 Å². The molecular formula is C30H27BClN5O3. The maximum absolute atomic E-state index is 13.2. The van der Waals surface area contributed by atoms with Gasteiger partial charge in [0.25, 0.3) is 0 Å². The highest BCUT2D eigenvalue weighted by atomic mass is 35.5. The molecule has 200 valence electrons. The molecule has 3 heterocycles. The largest absolute Gasteiger partial charge is 0.497 e. The number of ether oxygens (including phenoxy) is 1. The minimum absolute atomic E-state index is 0.111. The number of fused-ring (bicyclic) bond motifs is 4. The first-order valence-electron chi connectivity index (χ1n) is 13.1. The summed E-state index contributed by atoms with van der Waals surface area (Å²) in [6.07, 6.45) is 0.698. The molecule has 0 fully saturated rings. The van der Waals surface area contributed by atoms with Gasteiger partial charge in [-0.15, -0.1) is 10.2 Å². The first-order chi connectivity index (χ1) is 19.4. The molecule has 40 heavy (non-hydrogen) atoms. The lowest BCUT2D eigenvalue weighted by Gasteiger charge is -2.14. The highest BCUT2D eigenvalue weighted by Crippen LogP contribution is 2.34. The smallest absolute Gasteiger partial charge is 0.222 e. The fourth-order valence-corrected chi connectivity index (χ4v) is 5.22. The van der Waals surface area contributed by atoms with E-state index in [2.05, 4.69) is 29.4 Å². The Bertz CT molecular complexity index is 1760. The van der Waals surface area contributed by atoms with Gasteiger partial charge in [0.15, 0.2) is 5.82 Å². The van der Waals surface area contributed by atoms with Gasteiger partial charge < -0.3 is 14.5 Å². The van der Waals surface area contributed by atoms with Gasteiger partial charge in [-0.05, 0) is 49.4 Å². The average Bonchev–Trinajstić information content (AvgIpc) is 3.50. The summed E-state index contributed by atoms with van der Waals surface area (Å²) in [7, 11) is 3.69. The van der Waals surface area contributed by atoms with Crippen molar-refractivity contribution in [3.63, 3.8) is 0 Å². The number of rotatable bonds is 7. The Morgan fingerprint density at radius 1 is 1.10 bits per heavy atom. The van der Waals surface area contributed by atoms with E-state index >= 15 is 0 Å². The van der Waals surface area contributed by atoms with Crippen LogP contribution in [-0.2, 0) is 11.2 Å². The highest BCUT2D eigenvalue weighted by Gasteiger charge is 2.30. The Labute approximate surface area is 237 Å². The van der Waals surface area contributed by atoms with Crippen LogP contribution in [0.3, 0.4) is 0 Å². The first kappa shape index (κ1) is 25.9. The van der Waals surface area contributed by atoms with E-state index in [9.17, 15) is 4.79 Å². The number of methoxy groups -OCH3 is 1. The van der Waals surface area contributed by atoms with Crippen molar-refractivity contribution in [2.24, 2.45) is 4.99 Å². The summed E-state index contributed by atoms with van der Waals surface area (Å²) in [6.45, 7) is 2.34. The van der Waals surface area contributed by atoms with Crippen LogP contribution in [-0.4, -0.2) is 47.9 Å². The van der Waals surface area contributed by atoms with Crippen LogP contribution >= 0.6 is 11.6 Å². The molecule has 1 aliphatic heterocycles. The van der Waals surface area contributed by atoms with Gasteiger partial charge in [-0.2, -0.15) is 0 Å². The molecule has 0 unspecified atom stereocenters. The zero-order valence-electron chi connectivity index (χ0n) is 22.4. The van der Waals surface area contributed by atoms with Crippen LogP contribution in [0.25, 0.3) is 16.7 Å². The van der Waals surface area contributed by atoms with E-state index in [0.29, 0.717) is 35.4 Å². The summed E-state index contributed by atoms with van der Waals surface area (Å²) in [5.41, 5.74) is 5.36. The Balaban J connectivity index is 1.29. The second-order valence-electron chi connectivity index (χ2n) is 9.88. The molecule has 10 heteroatoms. The average molecular weight is 552 g/mol. The van der Waals surface area contributed by atoms with Crippen molar-refractivity contribution in [3.8, 4) is 11.4 Å². The monoisotopic (exact) mass is 551 g/mol. The molecule has 0 radical (unpaired) electrons. The number of furan rings is 1. The van der Waals surface area contributed by atoms with E-state index in [1.807, 2.05) is 72.2 Å². The normalized spacial score (nSPS) is 14.3. The fourth-order valence-electron chi connectivity index (χ4n) is 5.09. The molecule has 1 N–H and O–H groups in total. The van der Waals surface area contributed by atoms with Gasteiger partial charge in [-0.3, -0.25) is 14.4 Å². The van der Waals surface area contributed by atoms with E-state index in [1.165, 1.54) is 5.46 Å². The van der Waals surface area contributed by atoms with Gasteiger partial charge in [0.05, 0.1) is 24.9 Å². The van der Waals surface area contributed by atoms with Crippen molar-refractivity contribution in [2.45, 2.75) is 25.8 Å². The summed E-state index contributed by atoms with van der Waals surface area (Å²) in [5, 5.41) is 13.5. The number of carbonyl (C=O) groups is 1. The van der Waals surface area contributed by atoms with Crippen LogP contribution in [0, 0.1) is 6.92 Å². The van der Waals surface area contributed by atoms with Crippen molar-refractivity contribution in [1.82, 2.24) is 20.1 Å². The number of aryl methyl sites for hydroxylation is 1. The lowest BCUT2D eigenvalue weighted by atomic mass is 9.95. The third-order valence-electron chi connectivity index (χ3n) is 7.05. The number of aliphatic imine (C=N–C) groups is 1. The predicted octanol–water partition coefficient (Wildman–Crippen LogP) is 3.88. The molecule has 0 saturated carbocycles. The predicted molar refractivity (Wildman–Crippen MR) is 158 cm³/mol. The third kappa shape index (κ3) is 5.00. The van der Waals surface area contributed by atoms with Crippen molar-refractivity contribution < 1.29 is 13.9 Å². The lowest BCUT2D eigenvalue weighted by Crippen LogP contribution is -2.27. The molecule has 1 atom stereocenters. The zero-order chi connectivity index (χ0) is 27.8. The van der Waals surface area contributed by atoms with Crippen LogP contribution in [0.5, 0.6) is 5.75 Å². The minimum atomic E-state index is -0.556. The highest BCUT2D eigenvalue weighted by molar-refractivity contribution is 6.33. The molecule has 5 aromatic rings. The van der Waals surface area contributed by atoms with Crippen LogP contribution in [0.15, 0.2) is 76.1 Å². The molecule has 1 aliphatic rings. The van der Waals surface area contributed by atoms with E-state index in [1.54, 1.807) is 7.11 Å². The first-order valence-corrected chi connectivity index (χ1v) is 13.5. The summed E-state index contributed by atoms with van der Waals surface area (Å²) in [5.74, 6) is 2.71.